The van der Waals surface area contributed by atoms with E-state index in [1.54, 1.807) is 7.11 Å². The lowest BCUT2D eigenvalue weighted by Crippen LogP contribution is -2.50. The molecule has 1 saturated carbocycles. The van der Waals surface area contributed by atoms with Crippen LogP contribution in [-0.2, 0) is 4.79 Å². The van der Waals surface area contributed by atoms with Crippen molar-refractivity contribution in [2.24, 2.45) is 0 Å². The second-order valence-corrected chi connectivity index (χ2v) is 5.36. The number of anilines is 1. The number of para-hydroxylation sites is 2. The molecule has 2 N–H and O–H groups in total. The van der Waals surface area contributed by atoms with Crippen LogP contribution in [0.25, 0.3) is 0 Å². The zero-order valence-corrected chi connectivity index (χ0v) is 12.3. The number of rotatable bonds is 5. The number of ether oxygens (including phenoxy) is 1. The van der Waals surface area contributed by atoms with Crippen molar-refractivity contribution in [1.29, 1.82) is 5.26 Å². The van der Waals surface area contributed by atoms with Gasteiger partial charge < -0.3 is 15.4 Å². The third-order valence-electron chi connectivity index (χ3n) is 3.85. The molecule has 5 heteroatoms. The first-order valence-corrected chi connectivity index (χ1v) is 7.28. The number of carbonyl (C=O) groups excluding carboxylic acids is 1. The number of hydrogen-bond donors (Lipinski definition) is 2. The maximum absolute atomic E-state index is 12.1. The molecular weight excluding hydrogens is 266 g/mol. The third-order valence-corrected chi connectivity index (χ3v) is 3.85. The van der Waals surface area contributed by atoms with Crippen LogP contribution in [-0.4, -0.2) is 25.1 Å². The van der Waals surface area contributed by atoms with Gasteiger partial charge in [-0.1, -0.05) is 31.4 Å². The predicted octanol–water partition coefficient (Wildman–Crippen LogP) is 2.45. The molecule has 1 aromatic carbocycles. The Kier molecular flexibility index (Phi) is 5.04. The summed E-state index contributed by atoms with van der Waals surface area (Å²) in [5, 5.41) is 15.3. The van der Waals surface area contributed by atoms with E-state index in [1.807, 2.05) is 24.3 Å². The second-order valence-electron chi connectivity index (χ2n) is 5.36. The SMILES string of the molecule is COc1ccccc1NCC(=O)NC1(C#N)CCCCC1. The van der Waals surface area contributed by atoms with Gasteiger partial charge in [-0.15, -0.1) is 0 Å². The molecule has 112 valence electrons. The van der Waals surface area contributed by atoms with Crippen molar-refractivity contribution in [3.63, 3.8) is 0 Å². The zero-order chi connectivity index (χ0) is 15.1. The van der Waals surface area contributed by atoms with Gasteiger partial charge in [0.15, 0.2) is 0 Å². The highest BCUT2D eigenvalue weighted by molar-refractivity contribution is 5.82. The second kappa shape index (κ2) is 6.98. The normalized spacial score (nSPS) is 16.6. The number of methoxy groups -OCH3 is 1. The number of carbonyl (C=O) groups is 1. The van der Waals surface area contributed by atoms with Gasteiger partial charge in [-0.2, -0.15) is 5.26 Å². The van der Waals surface area contributed by atoms with E-state index < -0.39 is 5.54 Å². The number of nitriles is 1. The zero-order valence-electron chi connectivity index (χ0n) is 12.3. The lowest BCUT2D eigenvalue weighted by atomic mass is 9.83. The fraction of sp³-hybridized carbons (Fsp3) is 0.500. The van der Waals surface area contributed by atoms with Gasteiger partial charge in [0.1, 0.15) is 11.3 Å². The first-order chi connectivity index (χ1) is 10.2. The van der Waals surface area contributed by atoms with Gasteiger partial charge in [0.2, 0.25) is 5.91 Å². The maximum Gasteiger partial charge on any atom is 0.240 e. The minimum atomic E-state index is -0.683. The van der Waals surface area contributed by atoms with Crippen molar-refractivity contribution in [1.82, 2.24) is 5.32 Å². The van der Waals surface area contributed by atoms with Gasteiger partial charge in [0.25, 0.3) is 0 Å². The molecule has 2 rings (SSSR count). The van der Waals surface area contributed by atoms with E-state index >= 15 is 0 Å². The van der Waals surface area contributed by atoms with Gasteiger partial charge in [0.05, 0.1) is 25.4 Å². The van der Waals surface area contributed by atoms with Crippen molar-refractivity contribution in [2.45, 2.75) is 37.6 Å². The quantitative estimate of drug-likeness (QED) is 0.872. The van der Waals surface area contributed by atoms with Gasteiger partial charge in [-0.05, 0) is 25.0 Å². The monoisotopic (exact) mass is 287 g/mol. The van der Waals surface area contributed by atoms with Crippen LogP contribution in [0.5, 0.6) is 5.75 Å². The van der Waals surface area contributed by atoms with Crippen molar-refractivity contribution < 1.29 is 9.53 Å². The van der Waals surface area contributed by atoms with Crippen molar-refractivity contribution in [3.8, 4) is 11.8 Å². The summed E-state index contributed by atoms with van der Waals surface area (Å²) < 4.78 is 5.22. The summed E-state index contributed by atoms with van der Waals surface area (Å²) >= 11 is 0. The summed E-state index contributed by atoms with van der Waals surface area (Å²) in [5.41, 5.74) is 0.0856. The minimum absolute atomic E-state index is 0.129. The van der Waals surface area contributed by atoms with E-state index in [0.717, 1.165) is 37.8 Å². The number of benzene rings is 1. The lowest BCUT2D eigenvalue weighted by molar-refractivity contribution is -0.121. The lowest BCUT2D eigenvalue weighted by Gasteiger charge is -2.31. The standard InChI is InChI=1S/C16H21N3O2/c1-21-14-8-4-3-7-13(14)18-11-15(20)19-16(12-17)9-5-2-6-10-16/h3-4,7-8,18H,2,5-6,9-11H2,1H3,(H,19,20). The van der Waals surface area contributed by atoms with Crippen LogP contribution in [0.1, 0.15) is 32.1 Å². The fourth-order valence-electron chi connectivity index (χ4n) is 2.70. The Labute approximate surface area is 125 Å². The Balaban J connectivity index is 1.91. The Morgan fingerprint density at radius 2 is 2.05 bits per heavy atom. The van der Waals surface area contributed by atoms with Crippen molar-refractivity contribution in [2.75, 3.05) is 19.0 Å². The predicted molar refractivity (Wildman–Crippen MR) is 81.1 cm³/mol. The summed E-state index contributed by atoms with van der Waals surface area (Å²) in [4.78, 5) is 12.1. The molecule has 1 aliphatic carbocycles. The molecule has 1 fully saturated rings. The topological polar surface area (TPSA) is 74.2 Å². The number of hydrogen-bond acceptors (Lipinski definition) is 4. The largest absolute Gasteiger partial charge is 0.495 e. The minimum Gasteiger partial charge on any atom is -0.495 e. The highest BCUT2D eigenvalue weighted by Crippen LogP contribution is 2.27. The molecule has 0 heterocycles. The number of amides is 1. The van der Waals surface area contributed by atoms with E-state index in [2.05, 4.69) is 16.7 Å². The van der Waals surface area contributed by atoms with Gasteiger partial charge in [-0.25, -0.2) is 0 Å². The molecule has 21 heavy (non-hydrogen) atoms. The molecule has 0 aromatic heterocycles. The van der Waals surface area contributed by atoms with Crippen LogP contribution in [0.15, 0.2) is 24.3 Å². The molecule has 0 spiro atoms. The Hall–Kier alpha value is -2.22. The summed E-state index contributed by atoms with van der Waals surface area (Å²) in [6, 6.07) is 9.72. The average molecular weight is 287 g/mol. The van der Waals surface area contributed by atoms with Crippen LogP contribution in [0.2, 0.25) is 0 Å². The highest BCUT2D eigenvalue weighted by atomic mass is 16.5. The van der Waals surface area contributed by atoms with Crippen molar-refractivity contribution >= 4 is 11.6 Å². The van der Waals surface area contributed by atoms with Gasteiger partial charge in [-0.3, -0.25) is 4.79 Å². The summed E-state index contributed by atoms with van der Waals surface area (Å²) in [6.07, 6.45) is 4.61. The average Bonchev–Trinajstić information content (AvgIpc) is 2.54. The van der Waals surface area contributed by atoms with E-state index in [1.165, 1.54) is 0 Å². The Morgan fingerprint density at radius 1 is 1.33 bits per heavy atom. The van der Waals surface area contributed by atoms with E-state index in [9.17, 15) is 10.1 Å². The van der Waals surface area contributed by atoms with Crippen LogP contribution >= 0.6 is 0 Å². The van der Waals surface area contributed by atoms with Crippen molar-refractivity contribution in [3.05, 3.63) is 24.3 Å². The third kappa shape index (κ3) is 3.88. The molecule has 1 aromatic rings. The summed E-state index contributed by atoms with van der Waals surface area (Å²) in [7, 11) is 1.59. The van der Waals surface area contributed by atoms with E-state index in [0.29, 0.717) is 5.75 Å². The molecular formula is C16H21N3O2. The first kappa shape index (κ1) is 15.2. The fourth-order valence-corrected chi connectivity index (χ4v) is 2.70. The number of nitrogens with one attached hydrogen (secondary N) is 2. The molecule has 5 nitrogen and oxygen atoms in total. The molecule has 0 atom stereocenters. The highest BCUT2D eigenvalue weighted by Gasteiger charge is 2.33. The van der Waals surface area contributed by atoms with Crippen LogP contribution in [0.3, 0.4) is 0 Å². The molecule has 0 aliphatic heterocycles. The van der Waals surface area contributed by atoms with Crippen LogP contribution in [0, 0.1) is 11.3 Å². The molecule has 1 amide bonds. The maximum atomic E-state index is 12.1. The molecule has 1 aliphatic rings. The summed E-state index contributed by atoms with van der Waals surface area (Å²) in [6.45, 7) is 0.129. The molecule has 0 saturated heterocycles. The molecule has 0 bridgehead atoms. The smallest absolute Gasteiger partial charge is 0.240 e. The Morgan fingerprint density at radius 3 is 2.71 bits per heavy atom. The van der Waals surface area contributed by atoms with Gasteiger partial charge >= 0.3 is 0 Å². The van der Waals surface area contributed by atoms with Gasteiger partial charge in [0, 0.05) is 0 Å². The summed E-state index contributed by atoms with van der Waals surface area (Å²) in [5.74, 6) is 0.530. The van der Waals surface area contributed by atoms with E-state index in [4.69, 9.17) is 4.74 Å². The van der Waals surface area contributed by atoms with Crippen LogP contribution in [0.4, 0.5) is 5.69 Å². The molecule has 0 unspecified atom stereocenters. The van der Waals surface area contributed by atoms with Crippen LogP contribution < -0.4 is 15.4 Å². The first-order valence-electron chi connectivity index (χ1n) is 7.28. The van der Waals surface area contributed by atoms with E-state index in [-0.39, 0.29) is 12.5 Å². The molecule has 0 radical (unpaired) electrons. The number of nitrogens with zero attached hydrogens (tertiary/aromatic N) is 1. The Bertz CT molecular complexity index is 531.